The molecule has 0 heterocycles. The van der Waals surface area contributed by atoms with Crippen LogP contribution in [-0.4, -0.2) is 17.4 Å². The number of nitrogens with zero attached hydrogens (tertiary/aromatic N) is 1. The normalized spacial score (nSPS) is 10.2. The van der Waals surface area contributed by atoms with E-state index in [2.05, 4.69) is 37.2 Å². The van der Waals surface area contributed by atoms with Gasteiger partial charge >= 0.3 is 0 Å². The Bertz CT molecular complexity index is 720. The van der Waals surface area contributed by atoms with Crippen molar-refractivity contribution in [3.63, 3.8) is 0 Å². The topological polar surface area (TPSA) is 81.5 Å². The van der Waals surface area contributed by atoms with Crippen LogP contribution < -0.4 is 10.1 Å². The van der Waals surface area contributed by atoms with Crippen molar-refractivity contribution in [3.8, 4) is 5.75 Å². The summed E-state index contributed by atoms with van der Waals surface area (Å²) in [6, 6.07) is 11.2. The lowest BCUT2D eigenvalue weighted by molar-refractivity contribution is -0.384. The molecule has 0 spiro atoms. The number of nitro groups is 1. The predicted molar refractivity (Wildman–Crippen MR) is 93.7 cm³/mol. The minimum Gasteiger partial charge on any atom is -0.493 e. The van der Waals surface area contributed by atoms with Gasteiger partial charge in [-0.05, 0) is 46.3 Å². The summed E-state index contributed by atoms with van der Waals surface area (Å²) in [5, 5.41) is 13.3. The summed E-state index contributed by atoms with van der Waals surface area (Å²) >= 11 is 6.71. The molecule has 120 valence electrons. The first-order valence-electron chi connectivity index (χ1n) is 6.58. The van der Waals surface area contributed by atoms with Gasteiger partial charge in [-0.3, -0.25) is 14.9 Å². The van der Waals surface area contributed by atoms with Crippen LogP contribution in [0.3, 0.4) is 0 Å². The number of carbonyl (C=O) groups excluding carboxylic acids is 1. The third kappa shape index (κ3) is 5.33. The first kappa shape index (κ1) is 17.4. The van der Waals surface area contributed by atoms with E-state index in [0.717, 1.165) is 8.95 Å². The van der Waals surface area contributed by atoms with Gasteiger partial charge in [-0.2, -0.15) is 0 Å². The molecule has 0 radical (unpaired) electrons. The van der Waals surface area contributed by atoms with Crippen LogP contribution >= 0.6 is 31.9 Å². The zero-order valence-corrected chi connectivity index (χ0v) is 15.0. The molecule has 2 rings (SSSR count). The lowest BCUT2D eigenvalue weighted by Gasteiger charge is -2.09. The molecule has 0 aromatic heterocycles. The summed E-state index contributed by atoms with van der Waals surface area (Å²) in [6.07, 6.45) is 0.166. The number of benzene rings is 2. The molecule has 0 aliphatic rings. The van der Waals surface area contributed by atoms with Gasteiger partial charge in [0.1, 0.15) is 5.75 Å². The number of non-ortho nitro benzene ring substituents is 1. The van der Waals surface area contributed by atoms with Crippen LogP contribution in [-0.2, 0) is 4.79 Å². The summed E-state index contributed by atoms with van der Waals surface area (Å²) in [4.78, 5) is 21.9. The summed E-state index contributed by atoms with van der Waals surface area (Å²) < 4.78 is 7.08. The number of rotatable bonds is 6. The van der Waals surface area contributed by atoms with E-state index < -0.39 is 4.92 Å². The van der Waals surface area contributed by atoms with Crippen molar-refractivity contribution >= 4 is 49.1 Å². The standard InChI is InChI=1S/C15H12Br2N2O4/c16-10-1-6-14(13(17)9-10)18-15(20)7-8-23-12-4-2-11(3-5-12)19(21)22/h1-6,9H,7-8H2,(H,18,20). The Morgan fingerprint density at radius 1 is 1.17 bits per heavy atom. The molecule has 0 fully saturated rings. The van der Waals surface area contributed by atoms with E-state index in [4.69, 9.17) is 4.74 Å². The zero-order chi connectivity index (χ0) is 16.8. The maximum atomic E-state index is 11.9. The Labute approximate surface area is 149 Å². The van der Waals surface area contributed by atoms with E-state index in [9.17, 15) is 14.9 Å². The molecule has 0 saturated carbocycles. The molecule has 0 bridgehead atoms. The van der Waals surface area contributed by atoms with Crippen molar-refractivity contribution in [1.29, 1.82) is 0 Å². The Hall–Kier alpha value is -1.93. The SMILES string of the molecule is O=C(CCOc1ccc([N+](=O)[O-])cc1)Nc1ccc(Br)cc1Br. The van der Waals surface area contributed by atoms with Crippen LogP contribution in [0.2, 0.25) is 0 Å². The maximum Gasteiger partial charge on any atom is 0.269 e. The van der Waals surface area contributed by atoms with Gasteiger partial charge in [0.05, 0.1) is 23.6 Å². The Morgan fingerprint density at radius 3 is 2.48 bits per heavy atom. The fourth-order valence-electron chi connectivity index (χ4n) is 1.73. The molecule has 1 amide bonds. The zero-order valence-electron chi connectivity index (χ0n) is 11.8. The predicted octanol–water partition coefficient (Wildman–Crippen LogP) is 4.53. The van der Waals surface area contributed by atoms with Crippen LogP contribution in [0.5, 0.6) is 5.75 Å². The second-order valence-corrected chi connectivity index (χ2v) is 6.29. The van der Waals surface area contributed by atoms with E-state index in [1.165, 1.54) is 24.3 Å². The van der Waals surface area contributed by atoms with E-state index in [1.807, 2.05) is 12.1 Å². The third-order valence-corrected chi connectivity index (χ3v) is 4.00. The molecular formula is C15H12Br2N2O4. The quantitative estimate of drug-likeness (QED) is 0.525. The molecular weight excluding hydrogens is 432 g/mol. The Kier molecular flexibility index (Phi) is 6.12. The molecule has 8 heteroatoms. The third-order valence-electron chi connectivity index (χ3n) is 2.85. The first-order valence-corrected chi connectivity index (χ1v) is 8.16. The summed E-state index contributed by atoms with van der Waals surface area (Å²) in [7, 11) is 0. The number of ether oxygens (including phenoxy) is 1. The minimum atomic E-state index is -0.479. The molecule has 23 heavy (non-hydrogen) atoms. The lowest BCUT2D eigenvalue weighted by atomic mass is 10.3. The molecule has 1 N–H and O–H groups in total. The van der Waals surface area contributed by atoms with Gasteiger partial charge in [0.25, 0.3) is 5.69 Å². The molecule has 0 aliphatic heterocycles. The molecule has 2 aromatic rings. The number of hydrogen-bond acceptors (Lipinski definition) is 4. The van der Waals surface area contributed by atoms with Crippen molar-refractivity contribution in [1.82, 2.24) is 0 Å². The molecule has 0 unspecified atom stereocenters. The van der Waals surface area contributed by atoms with Gasteiger partial charge in [-0.1, -0.05) is 15.9 Å². The smallest absolute Gasteiger partial charge is 0.269 e. The fraction of sp³-hybridized carbons (Fsp3) is 0.133. The second-order valence-electron chi connectivity index (χ2n) is 4.52. The summed E-state index contributed by atoms with van der Waals surface area (Å²) in [5.41, 5.74) is 0.670. The van der Waals surface area contributed by atoms with Gasteiger partial charge in [-0.15, -0.1) is 0 Å². The van der Waals surface area contributed by atoms with Crippen molar-refractivity contribution in [2.45, 2.75) is 6.42 Å². The van der Waals surface area contributed by atoms with E-state index >= 15 is 0 Å². The van der Waals surface area contributed by atoms with Gasteiger partial charge in [0.2, 0.25) is 5.91 Å². The number of halogens is 2. The minimum absolute atomic E-state index is 0.00446. The number of anilines is 1. The maximum absolute atomic E-state index is 11.9. The first-order chi connectivity index (χ1) is 11.0. The van der Waals surface area contributed by atoms with Gasteiger partial charge in [0.15, 0.2) is 0 Å². The van der Waals surface area contributed by atoms with Crippen LogP contribution in [0.4, 0.5) is 11.4 Å². The highest BCUT2D eigenvalue weighted by atomic mass is 79.9. The van der Waals surface area contributed by atoms with Crippen molar-refractivity contribution in [3.05, 3.63) is 61.5 Å². The molecule has 0 atom stereocenters. The Balaban J connectivity index is 1.81. The van der Waals surface area contributed by atoms with Crippen molar-refractivity contribution < 1.29 is 14.5 Å². The highest BCUT2D eigenvalue weighted by Crippen LogP contribution is 2.26. The fourth-order valence-corrected chi connectivity index (χ4v) is 2.88. The number of hydrogen-bond donors (Lipinski definition) is 1. The number of amides is 1. The van der Waals surface area contributed by atoms with Crippen LogP contribution in [0, 0.1) is 10.1 Å². The van der Waals surface area contributed by atoms with Gasteiger partial charge in [0, 0.05) is 21.1 Å². The van der Waals surface area contributed by atoms with Crippen LogP contribution in [0.25, 0.3) is 0 Å². The van der Waals surface area contributed by atoms with Gasteiger partial charge < -0.3 is 10.1 Å². The average Bonchev–Trinajstić information content (AvgIpc) is 2.50. The largest absolute Gasteiger partial charge is 0.493 e. The number of nitrogens with one attached hydrogen (secondary N) is 1. The molecule has 2 aromatic carbocycles. The number of carbonyl (C=O) groups is 1. The average molecular weight is 444 g/mol. The lowest BCUT2D eigenvalue weighted by Crippen LogP contribution is -2.15. The van der Waals surface area contributed by atoms with Crippen LogP contribution in [0.15, 0.2) is 51.4 Å². The summed E-state index contributed by atoms with van der Waals surface area (Å²) in [5.74, 6) is 0.295. The second kappa shape index (κ2) is 8.07. The highest BCUT2D eigenvalue weighted by Gasteiger charge is 2.08. The molecule has 6 nitrogen and oxygen atoms in total. The highest BCUT2D eigenvalue weighted by molar-refractivity contribution is 9.11. The summed E-state index contributed by atoms with van der Waals surface area (Å²) in [6.45, 7) is 0.178. The van der Waals surface area contributed by atoms with Crippen molar-refractivity contribution in [2.75, 3.05) is 11.9 Å². The molecule has 0 saturated heterocycles. The van der Waals surface area contributed by atoms with E-state index in [-0.39, 0.29) is 24.6 Å². The Morgan fingerprint density at radius 2 is 1.87 bits per heavy atom. The van der Waals surface area contributed by atoms with E-state index in [0.29, 0.717) is 11.4 Å². The van der Waals surface area contributed by atoms with E-state index in [1.54, 1.807) is 6.07 Å². The monoisotopic (exact) mass is 442 g/mol. The number of nitro benzene ring substituents is 1. The molecule has 0 aliphatic carbocycles. The van der Waals surface area contributed by atoms with Crippen LogP contribution in [0.1, 0.15) is 6.42 Å². The van der Waals surface area contributed by atoms with Gasteiger partial charge in [-0.25, -0.2) is 0 Å². The van der Waals surface area contributed by atoms with Crippen molar-refractivity contribution in [2.24, 2.45) is 0 Å².